The number of benzene rings is 1. The molecule has 1 saturated carbocycles. The summed E-state index contributed by atoms with van der Waals surface area (Å²) in [5.41, 5.74) is 0.567. The minimum Gasteiger partial charge on any atom is -0.495 e. The van der Waals surface area contributed by atoms with E-state index in [-0.39, 0.29) is 18.5 Å². The minimum absolute atomic E-state index is 0.260. The van der Waals surface area contributed by atoms with Gasteiger partial charge in [-0.1, -0.05) is 25.0 Å². The fourth-order valence-corrected chi connectivity index (χ4v) is 2.59. The topological polar surface area (TPSA) is 64.6 Å². The Kier molecular flexibility index (Phi) is 5.60. The van der Waals surface area contributed by atoms with Gasteiger partial charge >= 0.3 is 5.97 Å². The van der Waals surface area contributed by atoms with E-state index in [1.54, 1.807) is 18.2 Å². The van der Waals surface area contributed by atoms with E-state index >= 15 is 0 Å². The van der Waals surface area contributed by atoms with Crippen LogP contribution in [0.2, 0.25) is 0 Å². The number of ether oxygens (including phenoxy) is 2. The number of carbonyl (C=O) groups is 2. The molecule has 1 N–H and O–H groups in total. The summed E-state index contributed by atoms with van der Waals surface area (Å²) in [6.45, 7) is -0.260. The Bertz CT molecular complexity index is 495. The van der Waals surface area contributed by atoms with Crippen LogP contribution >= 0.6 is 0 Å². The number of esters is 1. The molecule has 5 heteroatoms. The molecule has 0 saturated heterocycles. The Hall–Kier alpha value is -2.04. The number of rotatable bonds is 6. The van der Waals surface area contributed by atoms with E-state index < -0.39 is 0 Å². The van der Waals surface area contributed by atoms with Crippen LogP contribution in [0.4, 0.5) is 5.69 Å². The van der Waals surface area contributed by atoms with E-state index in [9.17, 15) is 9.59 Å². The lowest BCUT2D eigenvalue weighted by atomic mass is 10.1. The lowest BCUT2D eigenvalue weighted by molar-refractivity contribution is -0.148. The van der Waals surface area contributed by atoms with Gasteiger partial charge in [0.05, 0.1) is 12.8 Å². The first-order valence-electron chi connectivity index (χ1n) is 7.27. The molecule has 0 heterocycles. The summed E-state index contributed by atoms with van der Waals surface area (Å²) in [5.74, 6) is 0.342. The first-order chi connectivity index (χ1) is 10.2. The fraction of sp³-hybridized carbons (Fsp3) is 0.500. The number of carbonyl (C=O) groups excluding carboxylic acids is 2. The molecule has 2 rings (SSSR count). The molecule has 0 spiro atoms. The van der Waals surface area contributed by atoms with Crippen LogP contribution in [0, 0.1) is 5.92 Å². The maximum absolute atomic E-state index is 11.8. The maximum atomic E-state index is 11.8. The standard InChI is InChI=1S/C16H21NO4/c1-20-14-9-5-4-8-13(14)17-15(18)11-21-16(19)10-12-6-2-3-7-12/h4-5,8-9,12H,2-3,6-7,10-11H2,1H3,(H,17,18). The predicted octanol–water partition coefficient (Wildman–Crippen LogP) is 2.76. The Morgan fingerprint density at radius 3 is 2.67 bits per heavy atom. The molecule has 21 heavy (non-hydrogen) atoms. The second-order valence-corrected chi connectivity index (χ2v) is 5.26. The molecule has 1 aromatic carbocycles. The SMILES string of the molecule is COc1ccccc1NC(=O)COC(=O)CC1CCCC1. The van der Waals surface area contributed by atoms with E-state index in [2.05, 4.69) is 5.32 Å². The van der Waals surface area contributed by atoms with Gasteiger partial charge in [0.1, 0.15) is 5.75 Å². The second-order valence-electron chi connectivity index (χ2n) is 5.26. The van der Waals surface area contributed by atoms with Gasteiger partial charge in [-0.3, -0.25) is 9.59 Å². The summed E-state index contributed by atoms with van der Waals surface area (Å²) in [6, 6.07) is 7.10. The number of nitrogens with one attached hydrogen (secondary N) is 1. The van der Waals surface area contributed by atoms with Crippen LogP contribution in [-0.2, 0) is 14.3 Å². The molecule has 1 aliphatic rings. The molecule has 0 radical (unpaired) electrons. The maximum Gasteiger partial charge on any atom is 0.306 e. The van der Waals surface area contributed by atoms with Crippen molar-refractivity contribution in [3.05, 3.63) is 24.3 Å². The van der Waals surface area contributed by atoms with Gasteiger partial charge in [0, 0.05) is 6.42 Å². The summed E-state index contributed by atoms with van der Waals surface area (Å²) in [6.07, 6.45) is 4.96. The van der Waals surface area contributed by atoms with Gasteiger partial charge in [0.25, 0.3) is 5.91 Å². The second kappa shape index (κ2) is 7.67. The van der Waals surface area contributed by atoms with Gasteiger partial charge in [-0.05, 0) is 30.9 Å². The zero-order chi connectivity index (χ0) is 15.1. The highest BCUT2D eigenvalue weighted by Crippen LogP contribution is 2.27. The third kappa shape index (κ3) is 4.77. The van der Waals surface area contributed by atoms with Gasteiger partial charge in [0.15, 0.2) is 6.61 Å². The predicted molar refractivity (Wildman–Crippen MR) is 79.2 cm³/mol. The van der Waals surface area contributed by atoms with Crippen LogP contribution in [0.3, 0.4) is 0 Å². The summed E-state index contributed by atoms with van der Waals surface area (Å²) in [5, 5.41) is 2.67. The number of methoxy groups -OCH3 is 1. The molecule has 0 aliphatic heterocycles. The van der Waals surface area contributed by atoms with Crippen molar-refractivity contribution in [2.24, 2.45) is 5.92 Å². The number of hydrogen-bond donors (Lipinski definition) is 1. The van der Waals surface area contributed by atoms with Crippen molar-refractivity contribution in [1.29, 1.82) is 0 Å². The molecule has 0 unspecified atom stereocenters. The first kappa shape index (κ1) is 15.4. The van der Waals surface area contributed by atoms with E-state index in [1.165, 1.54) is 20.0 Å². The summed E-state index contributed by atoms with van der Waals surface area (Å²) >= 11 is 0. The Morgan fingerprint density at radius 2 is 1.95 bits per heavy atom. The summed E-state index contributed by atoms with van der Waals surface area (Å²) in [4.78, 5) is 23.4. The lowest BCUT2D eigenvalue weighted by Crippen LogP contribution is -2.22. The van der Waals surface area contributed by atoms with Crippen LogP contribution in [0.15, 0.2) is 24.3 Å². The summed E-state index contributed by atoms with van der Waals surface area (Å²) < 4.78 is 10.2. The molecule has 0 atom stereocenters. The molecule has 1 fully saturated rings. The zero-order valence-corrected chi connectivity index (χ0v) is 12.3. The minimum atomic E-state index is -0.362. The largest absolute Gasteiger partial charge is 0.495 e. The van der Waals surface area contributed by atoms with E-state index in [0.717, 1.165) is 12.8 Å². The summed E-state index contributed by atoms with van der Waals surface area (Å²) in [7, 11) is 1.53. The molecule has 114 valence electrons. The Balaban J connectivity index is 1.75. The zero-order valence-electron chi connectivity index (χ0n) is 12.3. The van der Waals surface area contributed by atoms with Gasteiger partial charge in [-0.2, -0.15) is 0 Å². The van der Waals surface area contributed by atoms with Crippen LogP contribution in [0.25, 0.3) is 0 Å². The van der Waals surface area contributed by atoms with Gasteiger partial charge in [0.2, 0.25) is 0 Å². The first-order valence-corrected chi connectivity index (χ1v) is 7.27. The van der Waals surface area contributed by atoms with E-state index in [0.29, 0.717) is 23.8 Å². The molecule has 0 bridgehead atoms. The highest BCUT2D eigenvalue weighted by Gasteiger charge is 2.19. The Morgan fingerprint density at radius 1 is 1.24 bits per heavy atom. The van der Waals surface area contributed by atoms with E-state index in [4.69, 9.17) is 9.47 Å². The van der Waals surface area contributed by atoms with Crippen LogP contribution in [-0.4, -0.2) is 25.6 Å². The smallest absolute Gasteiger partial charge is 0.306 e. The number of amides is 1. The van der Waals surface area contributed by atoms with Gasteiger partial charge in [-0.15, -0.1) is 0 Å². The Labute approximate surface area is 124 Å². The molecular formula is C16H21NO4. The molecule has 1 amide bonds. The molecule has 1 aliphatic carbocycles. The number of hydrogen-bond acceptors (Lipinski definition) is 4. The third-order valence-corrected chi connectivity index (χ3v) is 3.68. The van der Waals surface area contributed by atoms with Crippen LogP contribution in [0.1, 0.15) is 32.1 Å². The van der Waals surface area contributed by atoms with Crippen molar-refractivity contribution in [2.75, 3.05) is 19.0 Å². The lowest BCUT2D eigenvalue weighted by Gasteiger charge is -2.11. The third-order valence-electron chi connectivity index (χ3n) is 3.68. The van der Waals surface area contributed by atoms with Crippen LogP contribution < -0.4 is 10.1 Å². The fourth-order valence-electron chi connectivity index (χ4n) is 2.59. The van der Waals surface area contributed by atoms with Crippen molar-refractivity contribution in [3.8, 4) is 5.75 Å². The number of anilines is 1. The molecule has 1 aromatic rings. The van der Waals surface area contributed by atoms with Crippen molar-refractivity contribution in [3.63, 3.8) is 0 Å². The highest BCUT2D eigenvalue weighted by molar-refractivity contribution is 5.94. The average Bonchev–Trinajstić information content (AvgIpc) is 2.98. The van der Waals surface area contributed by atoms with Crippen molar-refractivity contribution >= 4 is 17.6 Å². The average molecular weight is 291 g/mol. The van der Waals surface area contributed by atoms with E-state index in [1.807, 2.05) is 6.07 Å². The van der Waals surface area contributed by atoms with Crippen LogP contribution in [0.5, 0.6) is 5.75 Å². The molecular weight excluding hydrogens is 270 g/mol. The molecule has 0 aromatic heterocycles. The molecule has 5 nitrogen and oxygen atoms in total. The van der Waals surface area contributed by atoms with Crippen molar-refractivity contribution < 1.29 is 19.1 Å². The quantitative estimate of drug-likeness (QED) is 0.818. The van der Waals surface area contributed by atoms with Crippen molar-refractivity contribution in [2.45, 2.75) is 32.1 Å². The number of para-hydroxylation sites is 2. The highest BCUT2D eigenvalue weighted by atomic mass is 16.5. The monoisotopic (exact) mass is 291 g/mol. The van der Waals surface area contributed by atoms with Crippen molar-refractivity contribution in [1.82, 2.24) is 0 Å². The van der Waals surface area contributed by atoms with Gasteiger partial charge in [-0.25, -0.2) is 0 Å². The van der Waals surface area contributed by atoms with Gasteiger partial charge < -0.3 is 14.8 Å². The normalized spacial score (nSPS) is 14.7.